The number of fused-ring (bicyclic) bond motifs is 2. The first-order chi connectivity index (χ1) is 14.2. The fraction of sp³-hybridized carbons (Fsp3) is 0.115. The number of benzene rings is 3. The molecule has 3 aromatic carbocycles. The quantitative estimate of drug-likeness (QED) is 0.352. The number of aromatic nitrogens is 2. The molecule has 2 aromatic heterocycles. The first-order valence-electron chi connectivity index (χ1n) is 9.91. The summed E-state index contributed by atoms with van der Waals surface area (Å²) in [7, 11) is 0. The number of ether oxygens (including phenoxy) is 1. The van der Waals surface area contributed by atoms with Crippen LogP contribution in [0.25, 0.3) is 38.8 Å². The molecule has 0 aliphatic carbocycles. The molecule has 0 unspecified atom stereocenters. The lowest BCUT2D eigenvalue weighted by Crippen LogP contribution is -2.05. The number of rotatable bonds is 4. The highest BCUT2D eigenvalue weighted by molar-refractivity contribution is 5.96. The van der Waals surface area contributed by atoms with E-state index in [-0.39, 0.29) is 6.10 Å². The van der Waals surface area contributed by atoms with Gasteiger partial charge in [0.15, 0.2) is 0 Å². The van der Waals surface area contributed by atoms with Gasteiger partial charge < -0.3 is 4.74 Å². The van der Waals surface area contributed by atoms with Gasteiger partial charge in [-0.2, -0.15) is 0 Å². The van der Waals surface area contributed by atoms with Crippen LogP contribution in [0.5, 0.6) is 5.75 Å². The molecule has 0 saturated carbocycles. The molecule has 3 heteroatoms. The van der Waals surface area contributed by atoms with Gasteiger partial charge in [0.1, 0.15) is 11.4 Å². The minimum absolute atomic E-state index is 0.176. The molecule has 0 N–H and O–H groups in total. The van der Waals surface area contributed by atoms with E-state index in [4.69, 9.17) is 4.74 Å². The van der Waals surface area contributed by atoms with E-state index in [0.717, 1.165) is 28.2 Å². The molecule has 5 aromatic rings. The topological polar surface area (TPSA) is 26.5 Å². The Labute approximate surface area is 170 Å². The van der Waals surface area contributed by atoms with E-state index in [0.29, 0.717) is 0 Å². The Morgan fingerprint density at radius 3 is 2.45 bits per heavy atom. The van der Waals surface area contributed by atoms with E-state index >= 15 is 0 Å². The summed E-state index contributed by atoms with van der Waals surface area (Å²) in [4.78, 5) is 4.68. The number of imidazole rings is 1. The monoisotopic (exact) mass is 378 g/mol. The third kappa shape index (κ3) is 3.25. The van der Waals surface area contributed by atoms with Gasteiger partial charge in [-0.3, -0.25) is 4.40 Å². The molecule has 29 heavy (non-hydrogen) atoms. The average Bonchev–Trinajstić information content (AvgIpc) is 3.16. The number of hydrogen-bond donors (Lipinski definition) is 0. The fourth-order valence-corrected chi connectivity index (χ4v) is 3.81. The zero-order chi connectivity index (χ0) is 19.8. The Hall–Kier alpha value is -3.59. The van der Waals surface area contributed by atoms with Crippen molar-refractivity contribution in [2.75, 3.05) is 0 Å². The Bertz CT molecular complexity index is 1290. The summed E-state index contributed by atoms with van der Waals surface area (Å²) in [5.74, 6) is 0.892. The maximum Gasteiger partial charge on any atom is 0.137 e. The van der Waals surface area contributed by atoms with E-state index in [1.165, 1.54) is 16.3 Å². The van der Waals surface area contributed by atoms with Crippen molar-refractivity contribution in [1.82, 2.24) is 9.38 Å². The largest absolute Gasteiger partial charge is 0.491 e. The van der Waals surface area contributed by atoms with Crippen molar-refractivity contribution in [2.45, 2.75) is 20.0 Å². The van der Waals surface area contributed by atoms with E-state index in [1.54, 1.807) is 0 Å². The summed E-state index contributed by atoms with van der Waals surface area (Å²) >= 11 is 0. The molecule has 0 saturated heterocycles. The maximum absolute atomic E-state index is 5.75. The minimum atomic E-state index is 0.176. The van der Waals surface area contributed by atoms with Gasteiger partial charge in [0.05, 0.1) is 18.0 Å². The molecule has 0 amide bonds. The van der Waals surface area contributed by atoms with Gasteiger partial charge in [-0.25, -0.2) is 4.98 Å². The molecule has 2 heterocycles. The van der Waals surface area contributed by atoms with Crippen molar-refractivity contribution in [1.29, 1.82) is 0 Å². The highest BCUT2D eigenvalue weighted by Crippen LogP contribution is 2.30. The summed E-state index contributed by atoms with van der Waals surface area (Å²) in [6.45, 7) is 4.07. The predicted octanol–water partition coefficient (Wildman–Crippen LogP) is 6.61. The zero-order valence-corrected chi connectivity index (χ0v) is 16.5. The van der Waals surface area contributed by atoms with Crippen LogP contribution in [0.4, 0.5) is 0 Å². The van der Waals surface area contributed by atoms with Crippen molar-refractivity contribution in [2.24, 2.45) is 0 Å². The van der Waals surface area contributed by atoms with E-state index < -0.39 is 0 Å². The van der Waals surface area contributed by atoms with Gasteiger partial charge in [-0.1, -0.05) is 54.6 Å². The van der Waals surface area contributed by atoms with E-state index in [2.05, 4.69) is 82.3 Å². The van der Waals surface area contributed by atoms with Crippen molar-refractivity contribution in [3.05, 3.63) is 91.3 Å². The lowest BCUT2D eigenvalue weighted by Gasteiger charge is -2.10. The van der Waals surface area contributed by atoms with Crippen molar-refractivity contribution in [3.63, 3.8) is 0 Å². The number of hydrogen-bond acceptors (Lipinski definition) is 2. The Morgan fingerprint density at radius 1 is 0.828 bits per heavy atom. The molecule has 0 spiro atoms. The van der Waals surface area contributed by atoms with Gasteiger partial charge in [-0.05, 0) is 60.0 Å². The summed E-state index contributed by atoms with van der Waals surface area (Å²) in [6, 6.07) is 27.4. The lowest BCUT2D eigenvalue weighted by molar-refractivity contribution is 0.242. The molecule has 3 nitrogen and oxygen atoms in total. The van der Waals surface area contributed by atoms with Gasteiger partial charge in [0.25, 0.3) is 0 Å². The van der Waals surface area contributed by atoms with Gasteiger partial charge >= 0.3 is 0 Å². The van der Waals surface area contributed by atoms with Crippen LogP contribution in [0.2, 0.25) is 0 Å². The van der Waals surface area contributed by atoms with Crippen LogP contribution in [0.15, 0.2) is 91.3 Å². The summed E-state index contributed by atoms with van der Waals surface area (Å²) < 4.78 is 7.90. The first-order valence-corrected chi connectivity index (χ1v) is 9.91. The Balaban J connectivity index is 1.55. The number of pyridine rings is 1. The highest BCUT2D eigenvalue weighted by atomic mass is 16.5. The first kappa shape index (κ1) is 17.5. The smallest absolute Gasteiger partial charge is 0.137 e. The van der Waals surface area contributed by atoms with Gasteiger partial charge in [0, 0.05) is 11.8 Å². The van der Waals surface area contributed by atoms with Crippen LogP contribution in [-0.2, 0) is 0 Å². The normalized spacial score (nSPS) is 11.4. The van der Waals surface area contributed by atoms with E-state index in [1.807, 2.05) is 32.2 Å². The summed E-state index contributed by atoms with van der Waals surface area (Å²) in [5, 5.41) is 2.47. The van der Waals surface area contributed by atoms with Crippen molar-refractivity contribution >= 4 is 16.4 Å². The molecule has 0 bridgehead atoms. The molecule has 5 rings (SSSR count). The molecule has 142 valence electrons. The van der Waals surface area contributed by atoms with Crippen LogP contribution in [0, 0.1) is 0 Å². The van der Waals surface area contributed by atoms with Crippen LogP contribution in [0.1, 0.15) is 13.8 Å². The third-order valence-corrected chi connectivity index (χ3v) is 5.14. The Kier molecular flexibility index (Phi) is 4.28. The van der Waals surface area contributed by atoms with Gasteiger partial charge in [-0.15, -0.1) is 0 Å². The van der Waals surface area contributed by atoms with Crippen LogP contribution in [0.3, 0.4) is 0 Å². The summed E-state index contributed by atoms with van der Waals surface area (Å²) in [6.07, 6.45) is 4.24. The maximum atomic E-state index is 5.75. The zero-order valence-electron chi connectivity index (χ0n) is 16.5. The predicted molar refractivity (Wildman–Crippen MR) is 119 cm³/mol. The van der Waals surface area contributed by atoms with E-state index in [9.17, 15) is 0 Å². The van der Waals surface area contributed by atoms with Crippen LogP contribution < -0.4 is 4.74 Å². The van der Waals surface area contributed by atoms with Crippen molar-refractivity contribution < 1.29 is 4.74 Å². The SMILES string of the molecule is CC(C)Oc1ccc(-c2ccn3c(-c4cccc5ccccc45)cnc3c2)cc1. The molecular weight excluding hydrogens is 356 g/mol. The Morgan fingerprint density at radius 2 is 1.62 bits per heavy atom. The van der Waals surface area contributed by atoms with Crippen LogP contribution in [-0.4, -0.2) is 15.5 Å². The molecule has 0 radical (unpaired) electrons. The summed E-state index contributed by atoms with van der Waals surface area (Å²) in [5.41, 5.74) is 5.53. The molecular formula is C26H22N2O. The molecule has 0 aliphatic rings. The molecule has 0 aliphatic heterocycles. The number of nitrogens with zero attached hydrogens (tertiary/aromatic N) is 2. The van der Waals surface area contributed by atoms with Crippen LogP contribution >= 0.6 is 0 Å². The molecule has 0 fully saturated rings. The second-order valence-corrected chi connectivity index (χ2v) is 7.50. The molecule has 0 atom stereocenters. The van der Waals surface area contributed by atoms with Crippen molar-refractivity contribution in [3.8, 4) is 28.1 Å². The average molecular weight is 378 g/mol. The highest BCUT2D eigenvalue weighted by Gasteiger charge is 2.10. The van der Waals surface area contributed by atoms with Gasteiger partial charge in [0.2, 0.25) is 0 Å². The minimum Gasteiger partial charge on any atom is -0.491 e. The lowest BCUT2D eigenvalue weighted by atomic mass is 10.0. The second kappa shape index (κ2) is 7.10. The fourth-order valence-electron chi connectivity index (χ4n) is 3.81. The third-order valence-electron chi connectivity index (χ3n) is 5.14. The second-order valence-electron chi connectivity index (χ2n) is 7.50. The standard InChI is InChI=1S/C26H22N2O/c1-18(2)29-22-12-10-19(11-13-22)21-14-15-28-25(17-27-26(28)16-21)24-9-5-7-20-6-3-4-8-23(20)24/h3-18H,1-2H3.